The van der Waals surface area contributed by atoms with Gasteiger partial charge in [0.1, 0.15) is 29.9 Å². The molecule has 0 radical (unpaired) electrons. The normalized spacial score (nSPS) is 13.9. The molecular weight excluding hydrogens is 494 g/mol. The summed E-state index contributed by atoms with van der Waals surface area (Å²) < 4.78 is 31.9. The molecule has 0 saturated carbocycles. The van der Waals surface area contributed by atoms with Crippen LogP contribution in [-0.2, 0) is 19.2 Å². The van der Waals surface area contributed by atoms with Crippen LogP contribution in [0, 0.1) is 11.6 Å². The zero-order chi connectivity index (χ0) is 26.0. The summed E-state index contributed by atoms with van der Waals surface area (Å²) in [6.45, 7) is 1.66. The number of hydrogen-bond donors (Lipinski definition) is 1. The quantitative estimate of drug-likeness (QED) is 0.304. The van der Waals surface area contributed by atoms with Crippen molar-refractivity contribution >= 4 is 11.8 Å². The van der Waals surface area contributed by atoms with Crippen LogP contribution < -0.4 is 0 Å². The predicted octanol–water partition coefficient (Wildman–Crippen LogP) is 5.19. The first-order valence-corrected chi connectivity index (χ1v) is 12.4. The molecule has 5 rings (SSSR count). The van der Waals surface area contributed by atoms with Crippen molar-refractivity contribution in [2.24, 2.45) is 7.05 Å². The SMILES string of the molecule is C[C@@H](c1ccc(-c2cnc(Sc3ccccc3)n2C)cn1)[C@](O)(Cn1cncn1)c1ccc(F)cc1F. The number of aromatic nitrogens is 6. The number of imidazole rings is 1. The van der Waals surface area contributed by atoms with Crippen LogP contribution in [0.15, 0.2) is 95.8 Å². The van der Waals surface area contributed by atoms with Crippen molar-refractivity contribution in [3.05, 3.63) is 109 Å². The Morgan fingerprint density at radius 1 is 1.03 bits per heavy atom. The fourth-order valence-corrected chi connectivity index (χ4v) is 5.11. The van der Waals surface area contributed by atoms with E-state index in [1.165, 1.54) is 23.4 Å². The van der Waals surface area contributed by atoms with E-state index < -0.39 is 23.2 Å². The van der Waals surface area contributed by atoms with Gasteiger partial charge in [-0.2, -0.15) is 5.10 Å². The van der Waals surface area contributed by atoms with Crippen LogP contribution in [0.2, 0.25) is 0 Å². The van der Waals surface area contributed by atoms with Crippen LogP contribution in [-0.4, -0.2) is 34.4 Å². The van der Waals surface area contributed by atoms with Crippen molar-refractivity contribution in [2.45, 2.75) is 35.0 Å². The monoisotopic (exact) mass is 518 g/mol. The van der Waals surface area contributed by atoms with Crippen LogP contribution >= 0.6 is 11.8 Å². The molecule has 188 valence electrons. The number of halogens is 2. The van der Waals surface area contributed by atoms with E-state index in [9.17, 15) is 13.9 Å². The molecule has 10 heteroatoms. The highest BCUT2D eigenvalue weighted by atomic mass is 32.2. The first kappa shape index (κ1) is 24.8. The first-order chi connectivity index (χ1) is 17.8. The summed E-state index contributed by atoms with van der Waals surface area (Å²) in [4.78, 5) is 14.2. The zero-order valence-corrected chi connectivity index (χ0v) is 21.0. The van der Waals surface area contributed by atoms with E-state index in [1.807, 2.05) is 48.0 Å². The van der Waals surface area contributed by atoms with Gasteiger partial charge in [0.05, 0.1) is 18.4 Å². The molecule has 37 heavy (non-hydrogen) atoms. The van der Waals surface area contributed by atoms with Gasteiger partial charge in [-0.1, -0.05) is 43.0 Å². The van der Waals surface area contributed by atoms with Gasteiger partial charge in [0.15, 0.2) is 5.16 Å². The Kier molecular flexibility index (Phi) is 6.86. The molecule has 2 aromatic carbocycles. The highest BCUT2D eigenvalue weighted by molar-refractivity contribution is 7.99. The van der Waals surface area contributed by atoms with E-state index in [2.05, 4.69) is 20.1 Å². The number of pyridine rings is 1. The number of benzene rings is 2. The van der Waals surface area contributed by atoms with Gasteiger partial charge in [0, 0.05) is 46.9 Å². The van der Waals surface area contributed by atoms with Crippen molar-refractivity contribution in [1.29, 1.82) is 0 Å². The Bertz CT molecular complexity index is 1490. The second-order valence-electron chi connectivity index (χ2n) is 8.74. The van der Waals surface area contributed by atoms with Crippen LogP contribution in [0.25, 0.3) is 11.3 Å². The minimum atomic E-state index is -1.77. The van der Waals surface area contributed by atoms with Gasteiger partial charge in [-0.05, 0) is 30.3 Å². The second-order valence-corrected chi connectivity index (χ2v) is 9.78. The molecular formula is C27H24F2N6OS. The lowest BCUT2D eigenvalue weighted by atomic mass is 9.79. The lowest BCUT2D eigenvalue weighted by Crippen LogP contribution is -2.38. The van der Waals surface area contributed by atoms with Gasteiger partial charge in [-0.3, -0.25) is 4.98 Å². The van der Waals surface area contributed by atoms with E-state index in [-0.39, 0.29) is 12.1 Å². The molecule has 0 amide bonds. The molecule has 0 fully saturated rings. The van der Waals surface area contributed by atoms with Crippen molar-refractivity contribution < 1.29 is 13.9 Å². The first-order valence-electron chi connectivity index (χ1n) is 11.6. The summed E-state index contributed by atoms with van der Waals surface area (Å²) in [7, 11) is 1.94. The summed E-state index contributed by atoms with van der Waals surface area (Å²) in [5.41, 5.74) is 0.450. The number of aliphatic hydroxyl groups is 1. The van der Waals surface area contributed by atoms with Crippen LogP contribution in [0.4, 0.5) is 8.78 Å². The number of hydrogen-bond acceptors (Lipinski definition) is 6. The maximum Gasteiger partial charge on any atom is 0.173 e. The molecule has 0 bridgehead atoms. The fourth-order valence-electron chi connectivity index (χ4n) is 4.26. The number of rotatable bonds is 8. The average Bonchev–Trinajstić information content (AvgIpc) is 3.54. The van der Waals surface area contributed by atoms with Gasteiger partial charge in [0.25, 0.3) is 0 Å². The molecule has 1 N–H and O–H groups in total. The van der Waals surface area contributed by atoms with Crippen molar-refractivity contribution in [3.63, 3.8) is 0 Å². The Labute approximate surface area is 216 Å². The molecule has 2 atom stereocenters. The largest absolute Gasteiger partial charge is 0.382 e. The van der Waals surface area contributed by atoms with E-state index >= 15 is 0 Å². The van der Waals surface area contributed by atoms with E-state index in [4.69, 9.17) is 0 Å². The van der Waals surface area contributed by atoms with E-state index in [0.717, 1.165) is 33.4 Å². The minimum absolute atomic E-state index is 0.0445. The van der Waals surface area contributed by atoms with Crippen LogP contribution in [0.3, 0.4) is 0 Å². The lowest BCUT2D eigenvalue weighted by Gasteiger charge is -2.34. The fraction of sp³-hybridized carbons (Fsp3) is 0.185. The third kappa shape index (κ3) is 5.03. The lowest BCUT2D eigenvalue weighted by molar-refractivity contribution is -0.0123. The molecule has 5 aromatic rings. The summed E-state index contributed by atoms with van der Waals surface area (Å²) in [6.07, 6.45) is 6.26. The standard InChI is InChI=1S/C27H24F2N6OS/c1-18(27(36,15-35-17-30-16-33-35)22-10-9-20(28)12-23(22)29)24-11-8-19(13-31-24)25-14-32-26(34(25)2)37-21-6-4-3-5-7-21/h3-14,16-18,36H,15H2,1-2H3/t18-,27+/m0/s1. The van der Waals surface area contributed by atoms with Crippen LogP contribution in [0.5, 0.6) is 0 Å². The summed E-state index contributed by atoms with van der Waals surface area (Å²) in [5, 5.41) is 16.7. The Morgan fingerprint density at radius 2 is 1.84 bits per heavy atom. The molecule has 0 saturated heterocycles. The highest BCUT2D eigenvalue weighted by Gasteiger charge is 2.40. The maximum atomic E-state index is 14.9. The molecule has 0 aliphatic carbocycles. The van der Waals surface area contributed by atoms with Gasteiger partial charge >= 0.3 is 0 Å². The Morgan fingerprint density at radius 3 is 2.51 bits per heavy atom. The Hall–Kier alpha value is -3.89. The summed E-state index contributed by atoms with van der Waals surface area (Å²) in [6, 6.07) is 16.8. The Balaban J connectivity index is 1.44. The van der Waals surface area contributed by atoms with Gasteiger partial charge in [-0.25, -0.2) is 23.4 Å². The van der Waals surface area contributed by atoms with Gasteiger partial charge in [-0.15, -0.1) is 0 Å². The van der Waals surface area contributed by atoms with Gasteiger partial charge in [0.2, 0.25) is 0 Å². The van der Waals surface area contributed by atoms with E-state index in [1.54, 1.807) is 37.1 Å². The maximum absolute atomic E-state index is 14.9. The third-order valence-corrected chi connectivity index (χ3v) is 7.48. The second kappa shape index (κ2) is 10.2. The van der Waals surface area contributed by atoms with E-state index in [0.29, 0.717) is 5.69 Å². The minimum Gasteiger partial charge on any atom is -0.382 e. The topological polar surface area (TPSA) is 81.6 Å². The molecule has 0 aliphatic heterocycles. The van der Waals surface area contributed by atoms with Crippen molar-refractivity contribution in [2.75, 3.05) is 0 Å². The number of nitrogens with zero attached hydrogens (tertiary/aromatic N) is 6. The molecule has 7 nitrogen and oxygen atoms in total. The predicted molar refractivity (Wildman–Crippen MR) is 136 cm³/mol. The van der Waals surface area contributed by atoms with Gasteiger partial charge < -0.3 is 9.67 Å². The molecule has 0 unspecified atom stereocenters. The third-order valence-electron chi connectivity index (χ3n) is 6.41. The average molecular weight is 519 g/mol. The molecule has 3 heterocycles. The molecule has 0 spiro atoms. The molecule has 3 aromatic heterocycles. The summed E-state index contributed by atoms with van der Waals surface area (Å²) in [5.74, 6) is -2.23. The summed E-state index contributed by atoms with van der Waals surface area (Å²) >= 11 is 1.57. The molecule has 0 aliphatic rings. The highest BCUT2D eigenvalue weighted by Crippen LogP contribution is 2.39. The van der Waals surface area contributed by atoms with Crippen molar-refractivity contribution in [1.82, 2.24) is 29.3 Å². The van der Waals surface area contributed by atoms with Crippen molar-refractivity contribution in [3.8, 4) is 11.3 Å². The van der Waals surface area contributed by atoms with Crippen LogP contribution in [0.1, 0.15) is 24.1 Å². The zero-order valence-electron chi connectivity index (χ0n) is 20.2. The smallest absolute Gasteiger partial charge is 0.173 e.